The fraction of sp³-hybridized carbons (Fsp3) is 0.250. The van der Waals surface area contributed by atoms with Crippen LogP contribution in [0.4, 0.5) is 8.78 Å². The van der Waals surface area contributed by atoms with Crippen molar-refractivity contribution in [1.82, 2.24) is 5.32 Å². The second-order valence-corrected chi connectivity index (χ2v) is 4.72. The number of hydrogen-bond donors (Lipinski definition) is 2. The van der Waals surface area contributed by atoms with Crippen LogP contribution in [0.3, 0.4) is 0 Å². The average Bonchev–Trinajstić information content (AvgIpc) is 2.51. The van der Waals surface area contributed by atoms with E-state index in [1.807, 2.05) is 30.3 Å². The molecule has 2 N–H and O–H groups in total. The molecule has 0 saturated carbocycles. The van der Waals surface area contributed by atoms with Crippen molar-refractivity contribution in [2.24, 2.45) is 0 Å². The van der Waals surface area contributed by atoms with Crippen LogP contribution < -0.4 is 10.1 Å². The van der Waals surface area contributed by atoms with Gasteiger partial charge < -0.3 is 15.2 Å². The van der Waals surface area contributed by atoms with Gasteiger partial charge in [0, 0.05) is 6.07 Å². The van der Waals surface area contributed by atoms with E-state index in [1.54, 1.807) is 7.05 Å². The normalized spacial score (nSPS) is 13.7. The van der Waals surface area contributed by atoms with Crippen molar-refractivity contribution in [2.75, 3.05) is 20.3 Å². The third kappa shape index (κ3) is 3.37. The van der Waals surface area contributed by atoms with Crippen LogP contribution in [0.1, 0.15) is 5.56 Å². The summed E-state index contributed by atoms with van der Waals surface area (Å²) >= 11 is 0. The highest BCUT2D eigenvalue weighted by molar-refractivity contribution is 5.28. The quantitative estimate of drug-likeness (QED) is 0.859. The summed E-state index contributed by atoms with van der Waals surface area (Å²) in [7, 11) is 1.69. The third-order valence-corrected chi connectivity index (χ3v) is 3.44. The Morgan fingerprint density at radius 2 is 1.86 bits per heavy atom. The van der Waals surface area contributed by atoms with E-state index in [2.05, 4.69) is 5.32 Å². The van der Waals surface area contributed by atoms with E-state index >= 15 is 0 Å². The van der Waals surface area contributed by atoms with Crippen molar-refractivity contribution in [2.45, 2.75) is 5.54 Å². The van der Waals surface area contributed by atoms with Gasteiger partial charge in [-0.15, -0.1) is 0 Å². The molecule has 112 valence electrons. The standard InChI is InChI=1S/C16H17F2NO2/c1-19-16(10-20,12-5-3-2-4-6-12)11-21-15-8-7-13(17)9-14(15)18/h2-9,19-20H,10-11H2,1H3. The van der Waals surface area contributed by atoms with Crippen LogP contribution in [0.2, 0.25) is 0 Å². The molecule has 0 amide bonds. The monoisotopic (exact) mass is 293 g/mol. The Hall–Kier alpha value is -1.98. The molecule has 0 aliphatic rings. The van der Waals surface area contributed by atoms with Crippen molar-refractivity contribution in [1.29, 1.82) is 0 Å². The lowest BCUT2D eigenvalue weighted by Gasteiger charge is -2.32. The van der Waals surface area contributed by atoms with Crippen LogP contribution in [0.5, 0.6) is 5.75 Å². The number of nitrogens with one attached hydrogen (secondary N) is 1. The lowest BCUT2D eigenvalue weighted by Crippen LogP contribution is -2.48. The number of ether oxygens (including phenoxy) is 1. The predicted octanol–water partition coefficient (Wildman–Crippen LogP) is 2.45. The number of aliphatic hydroxyl groups excluding tert-OH is 1. The molecule has 2 rings (SSSR count). The number of rotatable bonds is 6. The number of benzene rings is 2. The maximum Gasteiger partial charge on any atom is 0.167 e. The Balaban J connectivity index is 2.21. The third-order valence-electron chi connectivity index (χ3n) is 3.44. The Bertz CT molecular complexity index is 586. The zero-order valence-corrected chi connectivity index (χ0v) is 11.6. The summed E-state index contributed by atoms with van der Waals surface area (Å²) in [6, 6.07) is 12.4. The minimum atomic E-state index is -0.859. The van der Waals surface area contributed by atoms with Crippen molar-refractivity contribution < 1.29 is 18.6 Å². The van der Waals surface area contributed by atoms with Gasteiger partial charge in [0.05, 0.1) is 6.61 Å². The van der Waals surface area contributed by atoms with Gasteiger partial charge in [0.2, 0.25) is 0 Å². The highest BCUT2D eigenvalue weighted by Gasteiger charge is 2.31. The van der Waals surface area contributed by atoms with Crippen LogP contribution >= 0.6 is 0 Å². The predicted molar refractivity (Wildman–Crippen MR) is 76.1 cm³/mol. The maximum absolute atomic E-state index is 13.6. The van der Waals surface area contributed by atoms with Gasteiger partial charge in [-0.1, -0.05) is 30.3 Å². The van der Waals surface area contributed by atoms with Crippen LogP contribution in [-0.2, 0) is 5.54 Å². The molecule has 21 heavy (non-hydrogen) atoms. The fourth-order valence-corrected chi connectivity index (χ4v) is 2.07. The molecule has 5 heteroatoms. The SMILES string of the molecule is CNC(CO)(COc1ccc(F)cc1F)c1ccccc1. The van der Waals surface area contributed by atoms with Gasteiger partial charge >= 0.3 is 0 Å². The van der Waals surface area contributed by atoms with E-state index in [1.165, 1.54) is 6.07 Å². The lowest BCUT2D eigenvalue weighted by molar-refractivity contribution is 0.105. The summed E-state index contributed by atoms with van der Waals surface area (Å²) in [6.45, 7) is -0.219. The van der Waals surface area contributed by atoms with Gasteiger partial charge in [-0.3, -0.25) is 0 Å². The molecule has 1 atom stereocenters. The largest absolute Gasteiger partial charge is 0.488 e. The van der Waals surface area contributed by atoms with Crippen molar-refractivity contribution in [3.8, 4) is 5.75 Å². The Morgan fingerprint density at radius 1 is 1.14 bits per heavy atom. The van der Waals surface area contributed by atoms with Gasteiger partial charge in [0.25, 0.3) is 0 Å². The molecule has 0 aliphatic heterocycles. The molecule has 0 bridgehead atoms. The number of likely N-dealkylation sites (N-methyl/N-ethyl adjacent to an activating group) is 1. The van der Waals surface area contributed by atoms with Gasteiger partial charge in [-0.2, -0.15) is 0 Å². The van der Waals surface area contributed by atoms with E-state index in [-0.39, 0.29) is 19.0 Å². The van der Waals surface area contributed by atoms with E-state index in [9.17, 15) is 13.9 Å². The fourth-order valence-electron chi connectivity index (χ4n) is 2.07. The first kappa shape index (κ1) is 15.4. The van der Waals surface area contributed by atoms with E-state index in [4.69, 9.17) is 4.74 Å². The number of aliphatic hydroxyl groups is 1. The van der Waals surface area contributed by atoms with Crippen molar-refractivity contribution in [3.63, 3.8) is 0 Å². The number of hydrogen-bond acceptors (Lipinski definition) is 3. The molecule has 0 fully saturated rings. The molecule has 3 nitrogen and oxygen atoms in total. The van der Waals surface area contributed by atoms with Gasteiger partial charge in [-0.25, -0.2) is 8.78 Å². The minimum Gasteiger partial charge on any atom is -0.488 e. The summed E-state index contributed by atoms with van der Waals surface area (Å²) in [5.41, 5.74) is -0.0419. The first-order valence-electron chi connectivity index (χ1n) is 6.54. The molecule has 2 aromatic rings. The average molecular weight is 293 g/mol. The number of halogens is 2. The van der Waals surface area contributed by atoms with E-state index < -0.39 is 17.2 Å². The smallest absolute Gasteiger partial charge is 0.167 e. The molecule has 2 aromatic carbocycles. The Kier molecular flexibility index (Phi) is 4.88. The minimum absolute atomic E-state index is 0.00651. The molecule has 0 aliphatic carbocycles. The second-order valence-electron chi connectivity index (χ2n) is 4.72. The highest BCUT2D eigenvalue weighted by Crippen LogP contribution is 2.24. The first-order chi connectivity index (χ1) is 10.1. The van der Waals surface area contributed by atoms with Crippen LogP contribution in [0.25, 0.3) is 0 Å². The molecule has 0 saturated heterocycles. The van der Waals surface area contributed by atoms with E-state index in [0.717, 1.165) is 17.7 Å². The maximum atomic E-state index is 13.6. The summed E-state index contributed by atoms with van der Waals surface area (Å²) < 4.78 is 31.9. The topological polar surface area (TPSA) is 41.5 Å². The molecule has 0 aromatic heterocycles. The molecule has 0 heterocycles. The summed E-state index contributed by atoms with van der Waals surface area (Å²) in [5.74, 6) is -1.49. The molecular formula is C16H17F2NO2. The highest BCUT2D eigenvalue weighted by atomic mass is 19.1. The van der Waals surface area contributed by atoms with Gasteiger partial charge in [-0.05, 0) is 24.7 Å². The Morgan fingerprint density at radius 3 is 2.43 bits per heavy atom. The van der Waals surface area contributed by atoms with Gasteiger partial charge in [0.15, 0.2) is 11.6 Å². The lowest BCUT2D eigenvalue weighted by atomic mass is 9.92. The zero-order valence-electron chi connectivity index (χ0n) is 11.6. The van der Waals surface area contributed by atoms with Crippen molar-refractivity contribution >= 4 is 0 Å². The van der Waals surface area contributed by atoms with Crippen LogP contribution in [0, 0.1) is 11.6 Å². The Labute approximate surface area is 122 Å². The summed E-state index contributed by atoms with van der Waals surface area (Å²) in [4.78, 5) is 0. The van der Waals surface area contributed by atoms with Crippen LogP contribution in [0.15, 0.2) is 48.5 Å². The van der Waals surface area contributed by atoms with E-state index in [0.29, 0.717) is 0 Å². The van der Waals surface area contributed by atoms with Crippen molar-refractivity contribution in [3.05, 3.63) is 65.7 Å². The zero-order chi connectivity index (χ0) is 15.3. The summed E-state index contributed by atoms with van der Waals surface area (Å²) in [6.07, 6.45) is 0. The van der Waals surface area contributed by atoms with Gasteiger partial charge in [0.1, 0.15) is 18.0 Å². The van der Waals surface area contributed by atoms with Crippen LogP contribution in [-0.4, -0.2) is 25.4 Å². The molecule has 0 radical (unpaired) electrons. The molecule has 0 spiro atoms. The molecular weight excluding hydrogens is 276 g/mol. The summed E-state index contributed by atoms with van der Waals surface area (Å²) in [5, 5.41) is 12.7. The first-order valence-corrected chi connectivity index (χ1v) is 6.54. The molecule has 1 unspecified atom stereocenters. The second kappa shape index (κ2) is 6.65.